The van der Waals surface area contributed by atoms with Gasteiger partial charge in [-0.2, -0.15) is 0 Å². The second-order valence-corrected chi connectivity index (χ2v) is 5.21. The highest BCUT2D eigenvalue weighted by Crippen LogP contribution is 2.18. The van der Waals surface area contributed by atoms with E-state index in [1.807, 2.05) is 24.3 Å². The van der Waals surface area contributed by atoms with E-state index < -0.39 is 0 Å². The van der Waals surface area contributed by atoms with Crippen LogP contribution in [-0.4, -0.2) is 29.5 Å². The van der Waals surface area contributed by atoms with Gasteiger partial charge in [0.2, 0.25) is 0 Å². The van der Waals surface area contributed by atoms with Crippen LogP contribution in [-0.2, 0) is 0 Å². The number of hydrogen-bond acceptors (Lipinski definition) is 2. The molecule has 4 heteroatoms. The van der Waals surface area contributed by atoms with Crippen molar-refractivity contribution >= 4 is 16.8 Å². The van der Waals surface area contributed by atoms with E-state index in [2.05, 4.69) is 22.5 Å². The quantitative estimate of drug-likeness (QED) is 0.771. The number of rotatable bonds is 2. The summed E-state index contributed by atoms with van der Waals surface area (Å²) in [6.45, 7) is 3.17. The lowest BCUT2D eigenvalue weighted by Gasteiger charge is -2.30. The molecule has 0 aliphatic carbocycles. The van der Waals surface area contributed by atoms with Crippen LogP contribution in [0.1, 0.15) is 30.1 Å². The number of benzene rings is 1. The Balaban J connectivity index is 1.80. The van der Waals surface area contributed by atoms with Crippen LogP contribution < -0.4 is 10.6 Å². The van der Waals surface area contributed by atoms with E-state index in [-0.39, 0.29) is 11.9 Å². The number of fused-ring (bicyclic) bond motifs is 1. The monoisotopic (exact) mass is 257 g/mol. The predicted octanol–water partition coefficient (Wildman–Crippen LogP) is 2.04. The molecule has 0 radical (unpaired) electrons. The van der Waals surface area contributed by atoms with Crippen molar-refractivity contribution in [2.24, 2.45) is 0 Å². The van der Waals surface area contributed by atoms with Crippen LogP contribution in [0.2, 0.25) is 0 Å². The highest BCUT2D eigenvalue weighted by molar-refractivity contribution is 6.06. The van der Waals surface area contributed by atoms with Gasteiger partial charge in [-0.05, 0) is 32.4 Å². The maximum atomic E-state index is 12.4. The second kappa shape index (κ2) is 5.05. The summed E-state index contributed by atoms with van der Waals surface area (Å²) in [4.78, 5) is 15.5. The van der Waals surface area contributed by atoms with Crippen LogP contribution in [0.25, 0.3) is 10.9 Å². The number of H-pyrrole nitrogens is 1. The molecule has 1 aliphatic rings. The molecular weight excluding hydrogens is 238 g/mol. The first kappa shape index (κ1) is 12.2. The van der Waals surface area contributed by atoms with Crippen molar-refractivity contribution in [1.29, 1.82) is 0 Å². The molecule has 0 bridgehead atoms. The zero-order valence-corrected chi connectivity index (χ0v) is 11.1. The normalized spacial score (nSPS) is 23.4. The molecule has 1 saturated heterocycles. The lowest BCUT2D eigenvalue weighted by Crippen LogP contribution is -2.51. The van der Waals surface area contributed by atoms with Crippen molar-refractivity contribution in [1.82, 2.24) is 15.6 Å². The minimum absolute atomic E-state index is 0.0120. The van der Waals surface area contributed by atoms with Gasteiger partial charge in [-0.3, -0.25) is 4.79 Å². The van der Waals surface area contributed by atoms with Gasteiger partial charge in [0.1, 0.15) is 0 Å². The highest BCUT2D eigenvalue weighted by Gasteiger charge is 2.23. The summed E-state index contributed by atoms with van der Waals surface area (Å²) in [7, 11) is 0. The molecule has 2 unspecified atom stereocenters. The third-order valence-electron chi connectivity index (χ3n) is 3.91. The third-order valence-corrected chi connectivity index (χ3v) is 3.91. The molecule has 4 nitrogen and oxygen atoms in total. The first-order chi connectivity index (χ1) is 9.25. The summed E-state index contributed by atoms with van der Waals surface area (Å²) in [6.07, 6.45) is 3.95. The number of hydrogen-bond donors (Lipinski definition) is 3. The van der Waals surface area contributed by atoms with Crippen LogP contribution in [0.3, 0.4) is 0 Å². The standard InChI is InChI=1S/C15H19N3O/c1-10-13(7-4-8-16-10)18-15(19)12-9-17-14-6-3-2-5-11(12)14/h2-3,5-6,9-10,13,16-17H,4,7-8H2,1H3,(H,18,19). The molecule has 0 spiro atoms. The van der Waals surface area contributed by atoms with Crippen molar-refractivity contribution in [2.75, 3.05) is 6.54 Å². The maximum absolute atomic E-state index is 12.4. The number of carbonyl (C=O) groups is 1. The lowest BCUT2D eigenvalue weighted by atomic mass is 9.99. The molecule has 1 aromatic heterocycles. The zero-order valence-electron chi connectivity index (χ0n) is 11.1. The number of amides is 1. The summed E-state index contributed by atoms with van der Waals surface area (Å²) in [5.74, 6) is 0.0120. The van der Waals surface area contributed by atoms with Gasteiger partial charge in [-0.15, -0.1) is 0 Å². The number of aromatic amines is 1. The number of para-hydroxylation sites is 1. The van der Waals surface area contributed by atoms with E-state index in [1.165, 1.54) is 0 Å². The van der Waals surface area contributed by atoms with Crippen molar-refractivity contribution in [2.45, 2.75) is 31.8 Å². The Morgan fingerprint density at radius 2 is 2.21 bits per heavy atom. The number of aromatic nitrogens is 1. The van der Waals surface area contributed by atoms with Crippen molar-refractivity contribution in [3.63, 3.8) is 0 Å². The molecule has 2 atom stereocenters. The lowest BCUT2D eigenvalue weighted by molar-refractivity contribution is 0.0921. The summed E-state index contributed by atoms with van der Waals surface area (Å²) >= 11 is 0. The molecule has 2 aromatic rings. The molecule has 2 heterocycles. The molecule has 1 aliphatic heterocycles. The first-order valence-corrected chi connectivity index (χ1v) is 6.86. The average molecular weight is 257 g/mol. The predicted molar refractivity (Wildman–Crippen MR) is 76.3 cm³/mol. The molecule has 3 rings (SSSR count). The largest absolute Gasteiger partial charge is 0.360 e. The highest BCUT2D eigenvalue weighted by atomic mass is 16.1. The van der Waals surface area contributed by atoms with Crippen LogP contribution in [0, 0.1) is 0 Å². The van der Waals surface area contributed by atoms with Crippen LogP contribution in [0.15, 0.2) is 30.5 Å². The van der Waals surface area contributed by atoms with E-state index in [0.29, 0.717) is 6.04 Å². The molecule has 1 fully saturated rings. The zero-order chi connectivity index (χ0) is 13.2. The van der Waals surface area contributed by atoms with Gasteiger partial charge in [0.15, 0.2) is 0 Å². The fourth-order valence-corrected chi connectivity index (χ4v) is 2.75. The summed E-state index contributed by atoms with van der Waals surface area (Å²) in [5, 5.41) is 7.52. The maximum Gasteiger partial charge on any atom is 0.253 e. The summed E-state index contributed by atoms with van der Waals surface area (Å²) < 4.78 is 0. The fraction of sp³-hybridized carbons (Fsp3) is 0.400. The van der Waals surface area contributed by atoms with Crippen molar-refractivity contribution < 1.29 is 4.79 Å². The van der Waals surface area contributed by atoms with Gasteiger partial charge in [-0.1, -0.05) is 18.2 Å². The Kier molecular flexibility index (Phi) is 3.25. The molecule has 0 saturated carbocycles. The van der Waals surface area contributed by atoms with E-state index in [1.54, 1.807) is 6.20 Å². The average Bonchev–Trinajstić information content (AvgIpc) is 2.85. The van der Waals surface area contributed by atoms with E-state index >= 15 is 0 Å². The summed E-state index contributed by atoms with van der Waals surface area (Å²) in [6, 6.07) is 8.43. The fourth-order valence-electron chi connectivity index (χ4n) is 2.75. The molecule has 19 heavy (non-hydrogen) atoms. The van der Waals surface area contributed by atoms with Crippen LogP contribution in [0.4, 0.5) is 0 Å². The van der Waals surface area contributed by atoms with Gasteiger partial charge in [0, 0.05) is 29.2 Å². The third kappa shape index (κ3) is 2.36. The van der Waals surface area contributed by atoms with Gasteiger partial charge in [-0.25, -0.2) is 0 Å². The van der Waals surface area contributed by atoms with E-state index in [9.17, 15) is 4.79 Å². The Bertz CT molecular complexity index is 590. The Morgan fingerprint density at radius 3 is 3.05 bits per heavy atom. The van der Waals surface area contributed by atoms with Gasteiger partial charge >= 0.3 is 0 Å². The van der Waals surface area contributed by atoms with Gasteiger partial charge < -0.3 is 15.6 Å². The topological polar surface area (TPSA) is 56.9 Å². The minimum atomic E-state index is 0.0120. The number of piperidine rings is 1. The first-order valence-electron chi connectivity index (χ1n) is 6.86. The minimum Gasteiger partial charge on any atom is -0.360 e. The molecule has 1 amide bonds. The van der Waals surface area contributed by atoms with E-state index in [4.69, 9.17) is 0 Å². The van der Waals surface area contributed by atoms with Crippen LogP contribution in [0.5, 0.6) is 0 Å². The Hall–Kier alpha value is -1.81. The Morgan fingerprint density at radius 1 is 1.37 bits per heavy atom. The molecule has 1 aromatic carbocycles. The van der Waals surface area contributed by atoms with Crippen molar-refractivity contribution in [3.8, 4) is 0 Å². The Labute approximate surface area is 112 Å². The molecule has 100 valence electrons. The second-order valence-electron chi connectivity index (χ2n) is 5.21. The van der Waals surface area contributed by atoms with Crippen molar-refractivity contribution in [3.05, 3.63) is 36.0 Å². The van der Waals surface area contributed by atoms with E-state index in [0.717, 1.165) is 35.9 Å². The van der Waals surface area contributed by atoms with Gasteiger partial charge in [0.25, 0.3) is 5.91 Å². The van der Waals surface area contributed by atoms with Crippen LogP contribution >= 0.6 is 0 Å². The molecule has 3 N–H and O–H groups in total. The number of nitrogens with one attached hydrogen (secondary N) is 3. The SMILES string of the molecule is CC1NCCCC1NC(=O)c1c[nH]c2ccccc12. The van der Waals surface area contributed by atoms with Gasteiger partial charge in [0.05, 0.1) is 5.56 Å². The number of carbonyl (C=O) groups excluding carboxylic acids is 1. The smallest absolute Gasteiger partial charge is 0.253 e. The summed E-state index contributed by atoms with van der Waals surface area (Å²) in [5.41, 5.74) is 1.73. The molecular formula is C15H19N3O.